The second kappa shape index (κ2) is 9.35. The van der Waals surface area contributed by atoms with E-state index < -0.39 is 18.1 Å². The molecule has 2 rings (SSSR count). The van der Waals surface area contributed by atoms with Gasteiger partial charge in [0.05, 0.1) is 0 Å². The number of hydrogen-bond acceptors (Lipinski definition) is 5. The number of halogens is 1. The maximum absolute atomic E-state index is 12.2. The van der Waals surface area contributed by atoms with E-state index in [0.29, 0.717) is 22.0 Å². The SMILES string of the molecule is C[C@H](CCO)[C@H](OC(=O)NC(=O)c1ccccc1)c1cc(Br)ccc1O. The minimum absolute atomic E-state index is 0.0369. The van der Waals surface area contributed by atoms with E-state index >= 15 is 0 Å². The van der Waals surface area contributed by atoms with E-state index in [1.807, 2.05) is 0 Å². The molecule has 0 radical (unpaired) electrons. The molecular formula is C19H20BrNO5. The van der Waals surface area contributed by atoms with Crippen molar-refractivity contribution in [3.05, 3.63) is 64.1 Å². The summed E-state index contributed by atoms with van der Waals surface area (Å²) in [7, 11) is 0. The standard InChI is InChI=1S/C19H20BrNO5/c1-12(9-10-22)17(15-11-14(20)7-8-16(15)23)26-19(25)21-18(24)13-5-3-2-4-6-13/h2-8,11-12,17,22-23H,9-10H2,1H3,(H,21,24,25)/t12-,17+/m1/s1. The lowest BCUT2D eigenvalue weighted by molar-refractivity contribution is 0.0533. The molecule has 0 aliphatic heterocycles. The van der Waals surface area contributed by atoms with Gasteiger partial charge in [-0.1, -0.05) is 41.1 Å². The average Bonchev–Trinajstić information content (AvgIpc) is 2.62. The largest absolute Gasteiger partial charge is 0.508 e. The first-order chi connectivity index (χ1) is 12.4. The van der Waals surface area contributed by atoms with E-state index in [4.69, 9.17) is 4.74 Å². The number of ether oxygens (including phenoxy) is 1. The Hall–Kier alpha value is -2.38. The number of aromatic hydroxyl groups is 1. The quantitative estimate of drug-likeness (QED) is 0.659. The van der Waals surface area contributed by atoms with E-state index in [1.165, 1.54) is 6.07 Å². The minimum atomic E-state index is -0.923. The number of hydrogen-bond donors (Lipinski definition) is 3. The number of phenols is 1. The second-order valence-corrected chi connectivity index (χ2v) is 6.75. The van der Waals surface area contributed by atoms with Crippen molar-refractivity contribution >= 4 is 27.9 Å². The van der Waals surface area contributed by atoms with Crippen LogP contribution in [-0.2, 0) is 4.74 Å². The van der Waals surface area contributed by atoms with Crippen LogP contribution >= 0.6 is 15.9 Å². The van der Waals surface area contributed by atoms with Gasteiger partial charge in [-0.05, 0) is 42.7 Å². The fraction of sp³-hybridized carbons (Fsp3) is 0.263. The van der Waals surface area contributed by atoms with Gasteiger partial charge in [0.1, 0.15) is 11.9 Å². The molecule has 0 unspecified atom stereocenters. The molecule has 0 saturated carbocycles. The van der Waals surface area contributed by atoms with E-state index in [-0.39, 0.29) is 18.3 Å². The summed E-state index contributed by atoms with van der Waals surface area (Å²) in [5.41, 5.74) is 0.720. The molecule has 0 bridgehead atoms. The Balaban J connectivity index is 2.17. The first kappa shape index (κ1) is 19.9. The van der Waals surface area contributed by atoms with Crippen molar-refractivity contribution in [2.75, 3.05) is 6.61 Å². The van der Waals surface area contributed by atoms with Crippen LogP contribution in [0.3, 0.4) is 0 Å². The van der Waals surface area contributed by atoms with Crippen molar-refractivity contribution in [1.29, 1.82) is 0 Å². The highest BCUT2D eigenvalue weighted by Crippen LogP contribution is 2.35. The number of amides is 2. The van der Waals surface area contributed by atoms with Gasteiger partial charge in [-0.3, -0.25) is 10.1 Å². The van der Waals surface area contributed by atoms with Crippen LogP contribution in [0.5, 0.6) is 5.75 Å². The number of benzene rings is 2. The number of nitrogens with one attached hydrogen (secondary N) is 1. The molecule has 6 nitrogen and oxygen atoms in total. The van der Waals surface area contributed by atoms with Gasteiger partial charge in [0.2, 0.25) is 0 Å². The molecule has 2 aromatic rings. The normalized spacial score (nSPS) is 12.9. The Morgan fingerprint density at radius 3 is 2.54 bits per heavy atom. The molecule has 138 valence electrons. The fourth-order valence-corrected chi connectivity index (χ4v) is 2.87. The molecule has 0 spiro atoms. The Morgan fingerprint density at radius 1 is 1.19 bits per heavy atom. The van der Waals surface area contributed by atoms with Crippen LogP contribution in [0.2, 0.25) is 0 Å². The van der Waals surface area contributed by atoms with Gasteiger partial charge in [0, 0.05) is 22.2 Å². The van der Waals surface area contributed by atoms with E-state index in [0.717, 1.165) is 0 Å². The lowest BCUT2D eigenvalue weighted by Crippen LogP contribution is -2.33. The molecule has 7 heteroatoms. The molecule has 0 fully saturated rings. The Labute approximate surface area is 159 Å². The van der Waals surface area contributed by atoms with Crippen LogP contribution in [-0.4, -0.2) is 28.8 Å². The number of carbonyl (C=O) groups excluding carboxylic acids is 2. The predicted octanol–water partition coefficient (Wildman–Crippen LogP) is 3.78. The van der Waals surface area contributed by atoms with E-state index in [2.05, 4.69) is 21.2 Å². The summed E-state index contributed by atoms with van der Waals surface area (Å²) in [6.07, 6.45) is -1.40. The number of carbonyl (C=O) groups is 2. The van der Waals surface area contributed by atoms with Crippen molar-refractivity contribution in [3.63, 3.8) is 0 Å². The van der Waals surface area contributed by atoms with Crippen LogP contribution in [0.4, 0.5) is 4.79 Å². The fourth-order valence-electron chi connectivity index (χ4n) is 2.49. The Morgan fingerprint density at radius 2 is 1.88 bits per heavy atom. The Bertz CT molecular complexity index is 766. The molecule has 0 saturated heterocycles. The number of phenolic OH excluding ortho intramolecular Hbond substituents is 1. The monoisotopic (exact) mass is 421 g/mol. The summed E-state index contributed by atoms with van der Waals surface area (Å²) in [5, 5.41) is 21.5. The third-order valence-electron chi connectivity index (χ3n) is 3.88. The van der Waals surface area contributed by atoms with E-state index in [9.17, 15) is 19.8 Å². The highest BCUT2D eigenvalue weighted by atomic mass is 79.9. The van der Waals surface area contributed by atoms with Crippen molar-refractivity contribution in [2.24, 2.45) is 5.92 Å². The molecule has 2 aromatic carbocycles. The summed E-state index contributed by atoms with van der Waals surface area (Å²) >= 11 is 3.32. The van der Waals surface area contributed by atoms with Crippen molar-refractivity contribution < 1.29 is 24.5 Å². The Kier molecular flexibility index (Phi) is 7.17. The van der Waals surface area contributed by atoms with Crippen molar-refractivity contribution in [2.45, 2.75) is 19.4 Å². The minimum Gasteiger partial charge on any atom is -0.508 e. The average molecular weight is 422 g/mol. The third kappa shape index (κ3) is 5.31. The number of aliphatic hydroxyl groups is 1. The summed E-state index contributed by atoms with van der Waals surface area (Å²) in [4.78, 5) is 24.3. The smallest absolute Gasteiger partial charge is 0.414 e. The first-order valence-electron chi connectivity index (χ1n) is 8.08. The van der Waals surface area contributed by atoms with Crippen molar-refractivity contribution in [3.8, 4) is 5.75 Å². The molecule has 3 N–H and O–H groups in total. The van der Waals surface area contributed by atoms with Gasteiger partial charge < -0.3 is 14.9 Å². The maximum Gasteiger partial charge on any atom is 0.414 e. The van der Waals surface area contributed by atoms with Gasteiger partial charge in [0.15, 0.2) is 0 Å². The van der Waals surface area contributed by atoms with Gasteiger partial charge in [0.25, 0.3) is 5.91 Å². The molecule has 0 aliphatic rings. The lowest BCUT2D eigenvalue weighted by atomic mass is 9.94. The molecule has 2 amide bonds. The molecule has 26 heavy (non-hydrogen) atoms. The van der Waals surface area contributed by atoms with Gasteiger partial charge in [-0.2, -0.15) is 0 Å². The highest BCUT2D eigenvalue weighted by molar-refractivity contribution is 9.10. The third-order valence-corrected chi connectivity index (χ3v) is 4.38. The molecular weight excluding hydrogens is 402 g/mol. The number of alkyl carbamates (subject to hydrolysis) is 1. The highest BCUT2D eigenvalue weighted by Gasteiger charge is 2.27. The summed E-state index contributed by atoms with van der Waals surface area (Å²) in [6, 6.07) is 13.1. The zero-order chi connectivity index (χ0) is 19.1. The van der Waals surface area contributed by atoms with Crippen LogP contribution in [0, 0.1) is 5.92 Å². The predicted molar refractivity (Wildman–Crippen MR) is 99.8 cm³/mol. The molecule has 0 aliphatic carbocycles. The van der Waals surface area contributed by atoms with Gasteiger partial charge in [-0.15, -0.1) is 0 Å². The lowest BCUT2D eigenvalue weighted by Gasteiger charge is -2.25. The molecule has 2 atom stereocenters. The van der Waals surface area contributed by atoms with Crippen molar-refractivity contribution in [1.82, 2.24) is 5.32 Å². The number of rotatable bonds is 6. The maximum atomic E-state index is 12.2. The number of aliphatic hydroxyl groups excluding tert-OH is 1. The zero-order valence-electron chi connectivity index (χ0n) is 14.2. The number of imide groups is 1. The molecule has 0 aromatic heterocycles. The van der Waals surface area contributed by atoms with Gasteiger partial charge >= 0.3 is 6.09 Å². The topological polar surface area (TPSA) is 95.9 Å². The van der Waals surface area contributed by atoms with E-state index in [1.54, 1.807) is 49.4 Å². The van der Waals surface area contributed by atoms with Crippen LogP contribution in [0.1, 0.15) is 35.4 Å². The zero-order valence-corrected chi connectivity index (χ0v) is 15.8. The van der Waals surface area contributed by atoms with Gasteiger partial charge in [-0.25, -0.2) is 4.79 Å². The summed E-state index contributed by atoms with van der Waals surface area (Å²) in [5.74, 6) is -0.898. The van der Waals surface area contributed by atoms with Crippen LogP contribution in [0.25, 0.3) is 0 Å². The first-order valence-corrected chi connectivity index (χ1v) is 8.88. The second-order valence-electron chi connectivity index (χ2n) is 5.84. The van der Waals surface area contributed by atoms with Crippen LogP contribution in [0.15, 0.2) is 53.0 Å². The summed E-state index contributed by atoms with van der Waals surface area (Å²) < 4.78 is 6.12. The van der Waals surface area contributed by atoms with Crippen LogP contribution < -0.4 is 5.32 Å². The summed E-state index contributed by atoms with van der Waals surface area (Å²) in [6.45, 7) is 1.69. The molecule has 0 heterocycles.